The lowest BCUT2D eigenvalue weighted by Gasteiger charge is -2.40. The van der Waals surface area contributed by atoms with E-state index in [4.69, 9.17) is 0 Å². The van der Waals surface area contributed by atoms with Crippen LogP contribution < -0.4 is 5.32 Å². The van der Waals surface area contributed by atoms with Gasteiger partial charge in [-0.25, -0.2) is 0 Å². The van der Waals surface area contributed by atoms with Gasteiger partial charge in [0.05, 0.1) is 0 Å². The first-order valence-corrected chi connectivity index (χ1v) is 8.05. The molecule has 0 radical (unpaired) electrons. The third kappa shape index (κ3) is 3.51. The van der Waals surface area contributed by atoms with Crippen LogP contribution in [0.2, 0.25) is 0 Å². The number of carbonyl (C=O) groups is 1. The van der Waals surface area contributed by atoms with Gasteiger partial charge < -0.3 is 15.3 Å². The van der Waals surface area contributed by atoms with E-state index in [2.05, 4.69) is 29.0 Å². The highest BCUT2D eigenvalue weighted by atomic mass is 16.4. The Bertz CT molecular complexity index is 325. The minimum absolute atomic E-state index is 0.316. The second-order valence-corrected chi connectivity index (χ2v) is 6.19. The van der Waals surface area contributed by atoms with Gasteiger partial charge in [-0.15, -0.1) is 0 Å². The van der Waals surface area contributed by atoms with Gasteiger partial charge in [-0.05, 0) is 38.3 Å². The van der Waals surface area contributed by atoms with Crippen LogP contribution in [0.1, 0.15) is 33.1 Å². The Morgan fingerprint density at radius 1 is 1.20 bits per heavy atom. The van der Waals surface area contributed by atoms with Crippen molar-refractivity contribution >= 4 is 5.97 Å². The van der Waals surface area contributed by atoms with E-state index in [1.54, 1.807) is 0 Å². The number of nitrogens with one attached hydrogen (secondary N) is 1. The summed E-state index contributed by atoms with van der Waals surface area (Å²) in [5, 5.41) is 13.2. The minimum Gasteiger partial charge on any atom is -0.480 e. The number of hydrogen-bond donors (Lipinski definition) is 2. The third-order valence-corrected chi connectivity index (χ3v) is 4.73. The number of likely N-dealkylation sites (N-methyl/N-ethyl adjacent to an activating group) is 1. The highest BCUT2D eigenvalue weighted by molar-refractivity contribution is 5.80. The normalized spacial score (nSPS) is 24.5. The highest BCUT2D eigenvalue weighted by Crippen LogP contribution is 2.40. The van der Waals surface area contributed by atoms with E-state index < -0.39 is 11.5 Å². The van der Waals surface area contributed by atoms with Crippen molar-refractivity contribution in [3.8, 4) is 0 Å². The number of hydrogen-bond acceptors (Lipinski definition) is 4. The molecule has 1 heterocycles. The number of aliphatic carboxylic acids is 1. The molecule has 5 nitrogen and oxygen atoms in total. The van der Waals surface area contributed by atoms with Gasteiger partial charge in [0.15, 0.2) is 0 Å². The summed E-state index contributed by atoms with van der Waals surface area (Å²) in [6.45, 7) is 10.9. The summed E-state index contributed by atoms with van der Waals surface area (Å²) in [7, 11) is 0. The van der Waals surface area contributed by atoms with Gasteiger partial charge >= 0.3 is 5.97 Å². The van der Waals surface area contributed by atoms with Crippen molar-refractivity contribution in [1.29, 1.82) is 0 Å². The molecule has 0 aromatic heterocycles. The van der Waals surface area contributed by atoms with Crippen LogP contribution in [0.4, 0.5) is 0 Å². The maximum atomic E-state index is 11.9. The lowest BCUT2D eigenvalue weighted by Crippen LogP contribution is -2.63. The van der Waals surface area contributed by atoms with E-state index in [1.165, 1.54) is 0 Å². The molecule has 0 aromatic rings. The van der Waals surface area contributed by atoms with Crippen LogP contribution in [0.5, 0.6) is 0 Å². The van der Waals surface area contributed by atoms with Gasteiger partial charge in [-0.2, -0.15) is 0 Å². The van der Waals surface area contributed by atoms with E-state index in [0.717, 1.165) is 58.5 Å². The summed E-state index contributed by atoms with van der Waals surface area (Å²) in [5.74, 6) is -0.345. The average Bonchev–Trinajstić information content (AvgIpc) is 3.28. The van der Waals surface area contributed by atoms with E-state index in [9.17, 15) is 9.90 Å². The van der Waals surface area contributed by atoms with Crippen molar-refractivity contribution < 1.29 is 9.90 Å². The molecule has 20 heavy (non-hydrogen) atoms. The van der Waals surface area contributed by atoms with E-state index >= 15 is 0 Å². The summed E-state index contributed by atoms with van der Waals surface area (Å²) in [6.07, 6.45) is 3.08. The number of nitrogens with zero attached hydrogens (tertiary/aromatic N) is 2. The number of piperazine rings is 1. The average molecular weight is 283 g/mol. The number of carboxylic acids is 1. The lowest BCUT2D eigenvalue weighted by atomic mass is 9.91. The lowest BCUT2D eigenvalue weighted by molar-refractivity contribution is -0.147. The molecule has 0 spiro atoms. The van der Waals surface area contributed by atoms with Gasteiger partial charge in [-0.1, -0.05) is 13.8 Å². The van der Waals surface area contributed by atoms with Gasteiger partial charge in [-0.3, -0.25) is 9.69 Å². The maximum absolute atomic E-state index is 11.9. The van der Waals surface area contributed by atoms with Crippen LogP contribution >= 0.6 is 0 Å². The standard InChI is InChI=1S/C15H29N3O2/c1-3-7-16-15(14(19)20,13-5-6-13)12-18-10-8-17(4-2)9-11-18/h13,16H,3-12H2,1-2H3,(H,19,20). The van der Waals surface area contributed by atoms with Crippen LogP contribution in [0.25, 0.3) is 0 Å². The summed E-state index contributed by atoms with van der Waals surface area (Å²) < 4.78 is 0. The monoisotopic (exact) mass is 283 g/mol. The Labute approximate surface area is 122 Å². The molecule has 116 valence electrons. The predicted octanol–water partition coefficient (Wildman–Crippen LogP) is 0.857. The molecule has 1 aliphatic heterocycles. The van der Waals surface area contributed by atoms with Gasteiger partial charge in [0, 0.05) is 32.7 Å². The van der Waals surface area contributed by atoms with Crippen LogP contribution in [0.15, 0.2) is 0 Å². The molecular weight excluding hydrogens is 254 g/mol. The van der Waals surface area contributed by atoms with Crippen LogP contribution in [0, 0.1) is 5.92 Å². The first-order chi connectivity index (χ1) is 9.62. The second kappa shape index (κ2) is 6.87. The van der Waals surface area contributed by atoms with Crippen LogP contribution in [0.3, 0.4) is 0 Å². The van der Waals surface area contributed by atoms with Crippen LogP contribution in [-0.4, -0.2) is 72.2 Å². The Kier molecular flexibility index (Phi) is 5.41. The SMILES string of the molecule is CCCNC(CN1CCN(CC)CC1)(C(=O)O)C1CC1. The van der Waals surface area contributed by atoms with Crippen molar-refractivity contribution in [3.05, 3.63) is 0 Å². The maximum Gasteiger partial charge on any atom is 0.325 e. The minimum atomic E-state index is -0.718. The molecular formula is C15H29N3O2. The van der Waals surface area contributed by atoms with Crippen molar-refractivity contribution in [1.82, 2.24) is 15.1 Å². The zero-order valence-corrected chi connectivity index (χ0v) is 12.9. The largest absolute Gasteiger partial charge is 0.480 e. The predicted molar refractivity (Wildman–Crippen MR) is 79.9 cm³/mol. The van der Waals surface area contributed by atoms with Crippen molar-refractivity contribution in [3.63, 3.8) is 0 Å². The fraction of sp³-hybridized carbons (Fsp3) is 0.933. The van der Waals surface area contributed by atoms with Crippen LogP contribution in [-0.2, 0) is 4.79 Å². The van der Waals surface area contributed by atoms with Gasteiger partial charge in [0.2, 0.25) is 0 Å². The molecule has 1 aliphatic carbocycles. The Morgan fingerprint density at radius 3 is 2.25 bits per heavy atom. The Morgan fingerprint density at radius 2 is 1.80 bits per heavy atom. The zero-order valence-electron chi connectivity index (χ0n) is 12.9. The quantitative estimate of drug-likeness (QED) is 0.692. The summed E-state index contributed by atoms with van der Waals surface area (Å²) in [6, 6.07) is 0. The van der Waals surface area contributed by atoms with Crippen molar-refractivity contribution in [2.75, 3.05) is 45.8 Å². The fourth-order valence-electron chi connectivity index (χ4n) is 3.19. The molecule has 0 bridgehead atoms. The highest BCUT2D eigenvalue weighted by Gasteiger charge is 2.51. The topological polar surface area (TPSA) is 55.8 Å². The molecule has 1 atom stereocenters. The second-order valence-electron chi connectivity index (χ2n) is 6.19. The Hall–Kier alpha value is -0.650. The molecule has 2 fully saturated rings. The smallest absolute Gasteiger partial charge is 0.325 e. The molecule has 2 aliphatic rings. The van der Waals surface area contributed by atoms with Crippen molar-refractivity contribution in [2.24, 2.45) is 5.92 Å². The Balaban J connectivity index is 1.98. The molecule has 1 saturated carbocycles. The zero-order chi connectivity index (χ0) is 14.6. The first-order valence-electron chi connectivity index (χ1n) is 8.05. The number of rotatable bonds is 8. The van der Waals surface area contributed by atoms with E-state index in [1.807, 2.05) is 0 Å². The molecule has 0 amide bonds. The molecule has 2 rings (SSSR count). The molecule has 5 heteroatoms. The fourth-order valence-corrected chi connectivity index (χ4v) is 3.19. The summed E-state index contributed by atoms with van der Waals surface area (Å²) in [5.41, 5.74) is -0.718. The van der Waals surface area contributed by atoms with E-state index in [-0.39, 0.29) is 0 Å². The summed E-state index contributed by atoms with van der Waals surface area (Å²) >= 11 is 0. The van der Waals surface area contributed by atoms with Crippen molar-refractivity contribution in [2.45, 2.75) is 38.6 Å². The number of carboxylic acid groups (broad SMARTS) is 1. The first kappa shape index (κ1) is 15.7. The summed E-state index contributed by atoms with van der Waals surface area (Å²) in [4.78, 5) is 16.7. The van der Waals surface area contributed by atoms with E-state index in [0.29, 0.717) is 12.5 Å². The molecule has 0 aromatic carbocycles. The van der Waals surface area contributed by atoms with Gasteiger partial charge in [0.25, 0.3) is 0 Å². The third-order valence-electron chi connectivity index (χ3n) is 4.73. The molecule has 1 saturated heterocycles. The molecule has 2 N–H and O–H groups in total. The molecule has 1 unspecified atom stereocenters. The van der Waals surface area contributed by atoms with Gasteiger partial charge in [0.1, 0.15) is 5.54 Å².